The summed E-state index contributed by atoms with van der Waals surface area (Å²) in [6.45, 7) is 2.78. The monoisotopic (exact) mass is 451 g/mol. The van der Waals surface area contributed by atoms with Gasteiger partial charge in [-0.3, -0.25) is 9.69 Å². The largest absolute Gasteiger partial charge is 0.497 e. The van der Waals surface area contributed by atoms with Crippen LogP contribution in [0.15, 0.2) is 70.2 Å². The van der Waals surface area contributed by atoms with E-state index >= 15 is 0 Å². The third-order valence-corrected chi connectivity index (χ3v) is 6.16. The molecule has 0 aliphatic carbocycles. The molecule has 4 rings (SSSR count). The number of thioether (sulfide) groups is 1. The van der Waals surface area contributed by atoms with Gasteiger partial charge in [-0.15, -0.1) is 0 Å². The molecule has 3 aromatic rings. The minimum absolute atomic E-state index is 0.154. The standard InChI is InChI=1S/C24H21NO4S2/c1-16-5-7-17(8-6-16)15-29-21-10-9-19(27-2)12-18(21)13-22-23(26)25(24(30)31-22)14-20-4-3-11-28-20/h3-13H,14-15H2,1-2H3. The Morgan fingerprint density at radius 1 is 1.16 bits per heavy atom. The Labute approximate surface area is 190 Å². The highest BCUT2D eigenvalue weighted by Gasteiger charge is 2.32. The number of aryl methyl sites for hydroxylation is 1. The van der Waals surface area contributed by atoms with Crippen LogP contribution in [0.3, 0.4) is 0 Å². The van der Waals surface area contributed by atoms with Crippen molar-refractivity contribution in [1.82, 2.24) is 4.90 Å². The molecule has 0 unspecified atom stereocenters. The molecule has 2 heterocycles. The summed E-state index contributed by atoms with van der Waals surface area (Å²) in [4.78, 5) is 15.0. The maximum absolute atomic E-state index is 13.0. The lowest BCUT2D eigenvalue weighted by atomic mass is 10.1. The molecule has 31 heavy (non-hydrogen) atoms. The molecule has 7 heteroatoms. The number of furan rings is 1. The normalized spacial score (nSPS) is 15.0. The summed E-state index contributed by atoms with van der Waals surface area (Å²) >= 11 is 6.69. The van der Waals surface area contributed by atoms with Crippen LogP contribution >= 0.6 is 24.0 Å². The van der Waals surface area contributed by atoms with Crippen LogP contribution in [0.1, 0.15) is 22.5 Å². The molecule has 1 amide bonds. The van der Waals surface area contributed by atoms with E-state index in [2.05, 4.69) is 12.1 Å². The van der Waals surface area contributed by atoms with Gasteiger partial charge >= 0.3 is 0 Å². The lowest BCUT2D eigenvalue weighted by Gasteiger charge is -2.13. The van der Waals surface area contributed by atoms with Crippen molar-refractivity contribution in [3.63, 3.8) is 0 Å². The van der Waals surface area contributed by atoms with Gasteiger partial charge in [0.05, 0.1) is 24.8 Å². The fourth-order valence-corrected chi connectivity index (χ4v) is 4.33. The van der Waals surface area contributed by atoms with Crippen molar-refractivity contribution in [2.75, 3.05) is 7.11 Å². The van der Waals surface area contributed by atoms with Gasteiger partial charge in [-0.2, -0.15) is 0 Å². The smallest absolute Gasteiger partial charge is 0.266 e. The number of carbonyl (C=O) groups excluding carboxylic acids is 1. The molecule has 1 aliphatic heterocycles. The number of methoxy groups -OCH3 is 1. The lowest BCUT2D eigenvalue weighted by molar-refractivity contribution is -0.122. The van der Waals surface area contributed by atoms with Crippen LogP contribution in [-0.2, 0) is 17.9 Å². The van der Waals surface area contributed by atoms with Crippen LogP contribution in [0.5, 0.6) is 11.5 Å². The Balaban J connectivity index is 1.57. The van der Waals surface area contributed by atoms with E-state index in [0.29, 0.717) is 39.6 Å². The molecule has 0 spiro atoms. The van der Waals surface area contributed by atoms with Crippen LogP contribution in [0, 0.1) is 6.92 Å². The molecule has 1 saturated heterocycles. The molecule has 2 aromatic carbocycles. The summed E-state index contributed by atoms with van der Waals surface area (Å²) in [5.41, 5.74) is 3.02. The Hall–Kier alpha value is -3.03. The third-order valence-electron chi connectivity index (χ3n) is 4.79. The number of hydrogen-bond acceptors (Lipinski definition) is 6. The zero-order chi connectivity index (χ0) is 21.8. The highest BCUT2D eigenvalue weighted by atomic mass is 32.2. The Kier molecular flexibility index (Phi) is 6.44. The summed E-state index contributed by atoms with van der Waals surface area (Å²) in [6.07, 6.45) is 3.38. The van der Waals surface area contributed by atoms with Crippen molar-refractivity contribution >= 4 is 40.3 Å². The number of rotatable bonds is 7. The summed E-state index contributed by atoms with van der Waals surface area (Å²) in [6, 6.07) is 17.3. The van der Waals surface area contributed by atoms with Crippen molar-refractivity contribution < 1.29 is 18.7 Å². The van der Waals surface area contributed by atoms with Crippen LogP contribution in [0.2, 0.25) is 0 Å². The zero-order valence-corrected chi connectivity index (χ0v) is 18.8. The average molecular weight is 452 g/mol. The highest BCUT2D eigenvalue weighted by Crippen LogP contribution is 2.36. The topological polar surface area (TPSA) is 51.9 Å². The fraction of sp³-hybridized carbons (Fsp3) is 0.167. The predicted octanol–water partition coefficient (Wildman–Crippen LogP) is 5.58. The van der Waals surface area contributed by atoms with Gasteiger partial charge in [-0.1, -0.05) is 53.8 Å². The van der Waals surface area contributed by atoms with Crippen LogP contribution in [0.4, 0.5) is 0 Å². The number of carbonyl (C=O) groups is 1. The highest BCUT2D eigenvalue weighted by molar-refractivity contribution is 8.26. The van der Waals surface area contributed by atoms with E-state index in [1.54, 1.807) is 25.5 Å². The second-order valence-corrected chi connectivity index (χ2v) is 8.70. The molecule has 0 radical (unpaired) electrons. The number of ether oxygens (including phenoxy) is 2. The molecule has 5 nitrogen and oxygen atoms in total. The molecular formula is C24H21NO4S2. The summed E-state index contributed by atoms with van der Waals surface area (Å²) in [5, 5.41) is 0. The quantitative estimate of drug-likeness (QED) is 0.345. The average Bonchev–Trinajstić information content (AvgIpc) is 3.38. The zero-order valence-electron chi connectivity index (χ0n) is 17.2. The number of amides is 1. The molecular weight excluding hydrogens is 430 g/mol. The summed E-state index contributed by atoms with van der Waals surface area (Å²) in [7, 11) is 1.61. The van der Waals surface area contributed by atoms with Crippen LogP contribution in [0.25, 0.3) is 6.08 Å². The third kappa shape index (κ3) is 5.00. The van der Waals surface area contributed by atoms with Crippen molar-refractivity contribution in [3.8, 4) is 11.5 Å². The van der Waals surface area contributed by atoms with Crippen LogP contribution in [-0.4, -0.2) is 22.2 Å². The maximum atomic E-state index is 13.0. The molecule has 0 saturated carbocycles. The number of hydrogen-bond donors (Lipinski definition) is 0. The molecule has 1 aromatic heterocycles. The first kappa shape index (κ1) is 21.2. The van der Waals surface area contributed by atoms with Gasteiger partial charge in [0.25, 0.3) is 5.91 Å². The molecule has 1 aliphatic rings. The Morgan fingerprint density at radius 2 is 1.97 bits per heavy atom. The van der Waals surface area contributed by atoms with Crippen molar-refractivity contribution in [2.24, 2.45) is 0 Å². The van der Waals surface area contributed by atoms with E-state index in [4.69, 9.17) is 26.1 Å². The number of thiocarbonyl (C=S) groups is 1. The van der Waals surface area contributed by atoms with Gasteiger partial charge < -0.3 is 13.9 Å². The first-order chi connectivity index (χ1) is 15.0. The maximum Gasteiger partial charge on any atom is 0.266 e. The van der Waals surface area contributed by atoms with Crippen molar-refractivity contribution in [1.29, 1.82) is 0 Å². The van der Waals surface area contributed by atoms with E-state index in [1.807, 2.05) is 43.3 Å². The van der Waals surface area contributed by atoms with E-state index in [-0.39, 0.29) is 5.91 Å². The predicted molar refractivity (Wildman–Crippen MR) is 126 cm³/mol. The van der Waals surface area contributed by atoms with Gasteiger partial charge in [-0.25, -0.2) is 0 Å². The van der Waals surface area contributed by atoms with E-state index < -0.39 is 0 Å². The first-order valence-corrected chi connectivity index (χ1v) is 10.9. The van der Waals surface area contributed by atoms with Gasteiger partial charge in [0.1, 0.15) is 28.2 Å². The van der Waals surface area contributed by atoms with Gasteiger partial charge in [0, 0.05) is 5.56 Å². The fourth-order valence-electron chi connectivity index (χ4n) is 3.08. The molecule has 0 bridgehead atoms. The van der Waals surface area contributed by atoms with Crippen LogP contribution < -0.4 is 9.47 Å². The minimum Gasteiger partial charge on any atom is -0.497 e. The van der Waals surface area contributed by atoms with Crippen molar-refractivity contribution in [3.05, 3.63) is 88.2 Å². The number of nitrogens with zero attached hydrogens (tertiary/aromatic N) is 1. The molecule has 1 fully saturated rings. The molecule has 158 valence electrons. The second-order valence-electron chi connectivity index (χ2n) is 7.03. The Bertz CT molecular complexity index is 1120. The Morgan fingerprint density at radius 3 is 2.68 bits per heavy atom. The SMILES string of the molecule is COc1ccc(OCc2ccc(C)cc2)c(C=C2SC(=S)N(Cc3ccco3)C2=O)c1. The van der Waals surface area contributed by atoms with E-state index in [0.717, 1.165) is 11.1 Å². The molecule has 0 N–H and O–H groups in total. The molecule has 0 atom stereocenters. The van der Waals surface area contributed by atoms with Crippen molar-refractivity contribution in [2.45, 2.75) is 20.1 Å². The summed E-state index contributed by atoms with van der Waals surface area (Å²) < 4.78 is 17.3. The number of benzene rings is 2. The minimum atomic E-state index is -0.154. The van der Waals surface area contributed by atoms with Gasteiger partial charge in [0.15, 0.2) is 0 Å². The first-order valence-electron chi connectivity index (χ1n) is 9.67. The van der Waals surface area contributed by atoms with Gasteiger partial charge in [0.2, 0.25) is 0 Å². The van der Waals surface area contributed by atoms with E-state index in [9.17, 15) is 4.79 Å². The lowest BCUT2D eigenvalue weighted by Crippen LogP contribution is -2.27. The second kappa shape index (κ2) is 9.41. The van der Waals surface area contributed by atoms with Gasteiger partial charge in [-0.05, 0) is 48.9 Å². The summed E-state index contributed by atoms with van der Waals surface area (Å²) in [5.74, 6) is 1.87. The van der Waals surface area contributed by atoms with E-state index in [1.165, 1.54) is 22.2 Å².